The van der Waals surface area contributed by atoms with Crippen LogP contribution < -0.4 is 4.74 Å². The minimum absolute atomic E-state index is 0.103. The van der Waals surface area contributed by atoms with Crippen LogP contribution in [0.5, 0.6) is 5.75 Å². The van der Waals surface area contributed by atoms with Gasteiger partial charge in [-0.1, -0.05) is 30.3 Å². The summed E-state index contributed by atoms with van der Waals surface area (Å²) < 4.78 is 7.33. The van der Waals surface area contributed by atoms with Crippen molar-refractivity contribution in [1.29, 1.82) is 0 Å². The number of para-hydroxylation sites is 1. The first kappa shape index (κ1) is 15.2. The summed E-state index contributed by atoms with van der Waals surface area (Å²) in [5.74, 6) is 0.807. The quantitative estimate of drug-likeness (QED) is 0.400. The van der Waals surface area contributed by atoms with E-state index < -0.39 is 0 Å². The second-order valence-electron chi connectivity index (χ2n) is 5.91. The minimum atomic E-state index is -0.352. The van der Waals surface area contributed by atoms with Crippen molar-refractivity contribution in [2.75, 3.05) is 7.11 Å². The van der Waals surface area contributed by atoms with Crippen molar-refractivity contribution in [3.63, 3.8) is 0 Å². The monoisotopic (exact) mass is 332 g/mol. The highest BCUT2D eigenvalue weighted by molar-refractivity contribution is 6.08. The lowest BCUT2D eigenvalue weighted by atomic mass is 10.1. The largest absolute Gasteiger partial charge is 0.497 e. The second kappa shape index (κ2) is 5.94. The molecule has 3 aromatic carbocycles. The molecule has 0 amide bonds. The van der Waals surface area contributed by atoms with Crippen LogP contribution in [0.15, 0.2) is 66.7 Å². The normalized spacial score (nSPS) is 11.1. The van der Waals surface area contributed by atoms with Gasteiger partial charge < -0.3 is 9.30 Å². The summed E-state index contributed by atoms with van der Waals surface area (Å²) in [6.45, 7) is 0.634. The number of methoxy groups -OCH3 is 1. The fourth-order valence-electron chi connectivity index (χ4n) is 3.24. The first-order valence-corrected chi connectivity index (χ1v) is 7.95. The number of aromatic nitrogens is 1. The van der Waals surface area contributed by atoms with Crippen molar-refractivity contribution in [3.8, 4) is 5.75 Å². The smallest absolute Gasteiger partial charge is 0.271 e. The molecule has 124 valence electrons. The number of nitro groups is 1. The van der Waals surface area contributed by atoms with Gasteiger partial charge in [0.1, 0.15) is 5.75 Å². The first-order valence-electron chi connectivity index (χ1n) is 7.95. The fourth-order valence-corrected chi connectivity index (χ4v) is 3.24. The van der Waals surface area contributed by atoms with Crippen LogP contribution in [0.1, 0.15) is 5.56 Å². The summed E-state index contributed by atoms with van der Waals surface area (Å²) >= 11 is 0. The number of rotatable bonds is 4. The zero-order valence-electron chi connectivity index (χ0n) is 13.7. The molecule has 0 radical (unpaired) electrons. The molecule has 1 aromatic heterocycles. The molecule has 0 aliphatic rings. The lowest BCUT2D eigenvalue weighted by Gasteiger charge is -2.08. The number of hydrogen-bond donors (Lipinski definition) is 0. The predicted octanol–water partition coefficient (Wildman–Crippen LogP) is 4.76. The van der Waals surface area contributed by atoms with Gasteiger partial charge in [-0.2, -0.15) is 0 Å². The van der Waals surface area contributed by atoms with Crippen LogP contribution >= 0.6 is 0 Å². The van der Waals surface area contributed by atoms with E-state index in [1.54, 1.807) is 19.2 Å². The topological polar surface area (TPSA) is 57.3 Å². The van der Waals surface area contributed by atoms with Crippen LogP contribution in [0.3, 0.4) is 0 Å². The van der Waals surface area contributed by atoms with E-state index in [1.165, 1.54) is 0 Å². The van der Waals surface area contributed by atoms with Crippen molar-refractivity contribution in [1.82, 2.24) is 4.57 Å². The summed E-state index contributed by atoms with van der Waals surface area (Å²) in [6.07, 6.45) is 0. The minimum Gasteiger partial charge on any atom is -0.497 e. The van der Waals surface area contributed by atoms with E-state index in [0.717, 1.165) is 33.1 Å². The van der Waals surface area contributed by atoms with Gasteiger partial charge in [0.2, 0.25) is 0 Å². The Morgan fingerprint density at radius 2 is 1.68 bits per heavy atom. The first-order chi connectivity index (χ1) is 12.2. The Bertz CT molecular complexity index is 1080. The summed E-state index contributed by atoms with van der Waals surface area (Å²) in [6, 6.07) is 21.0. The summed E-state index contributed by atoms with van der Waals surface area (Å²) in [7, 11) is 1.64. The number of nitrogens with zero attached hydrogens (tertiary/aromatic N) is 2. The van der Waals surface area contributed by atoms with Crippen LogP contribution in [-0.2, 0) is 6.54 Å². The Balaban J connectivity index is 1.92. The molecule has 0 fully saturated rings. The molecule has 0 N–H and O–H groups in total. The number of hydrogen-bond acceptors (Lipinski definition) is 3. The van der Waals surface area contributed by atoms with Crippen molar-refractivity contribution in [2.45, 2.75) is 6.54 Å². The molecule has 4 aromatic rings. The second-order valence-corrected chi connectivity index (χ2v) is 5.91. The molecule has 0 saturated heterocycles. The molecule has 0 bridgehead atoms. The number of nitro benzene ring substituents is 1. The van der Waals surface area contributed by atoms with Crippen molar-refractivity contribution < 1.29 is 9.66 Å². The van der Waals surface area contributed by atoms with Gasteiger partial charge in [-0.15, -0.1) is 0 Å². The third kappa shape index (κ3) is 2.59. The SMILES string of the molecule is COc1ccc(Cn2c3ccccc3c3ccc([N+](=O)[O-])cc32)cc1. The maximum atomic E-state index is 11.2. The van der Waals surface area contributed by atoms with Gasteiger partial charge in [0.05, 0.1) is 17.5 Å². The van der Waals surface area contributed by atoms with Crippen LogP contribution in [0.4, 0.5) is 5.69 Å². The van der Waals surface area contributed by atoms with Crippen molar-refractivity contribution >= 4 is 27.5 Å². The fraction of sp³-hybridized carbons (Fsp3) is 0.100. The molecule has 0 unspecified atom stereocenters. The van der Waals surface area contributed by atoms with E-state index in [0.29, 0.717) is 6.54 Å². The van der Waals surface area contributed by atoms with E-state index in [2.05, 4.69) is 4.57 Å². The lowest BCUT2D eigenvalue weighted by molar-refractivity contribution is -0.384. The van der Waals surface area contributed by atoms with Crippen molar-refractivity contribution in [2.24, 2.45) is 0 Å². The molecule has 0 aliphatic heterocycles. The Morgan fingerprint density at radius 1 is 0.960 bits per heavy atom. The Kier molecular flexibility index (Phi) is 3.61. The van der Waals surface area contributed by atoms with Crippen molar-refractivity contribution in [3.05, 3.63) is 82.4 Å². The number of benzene rings is 3. The third-order valence-electron chi connectivity index (χ3n) is 4.47. The maximum absolute atomic E-state index is 11.2. The number of non-ortho nitro benzene ring substituents is 1. The molecule has 0 spiro atoms. The van der Waals surface area contributed by atoms with E-state index in [4.69, 9.17) is 4.74 Å². The Labute approximate surface area is 144 Å². The van der Waals surface area contributed by atoms with E-state index in [-0.39, 0.29) is 10.6 Å². The highest BCUT2D eigenvalue weighted by Crippen LogP contribution is 2.32. The zero-order valence-corrected chi connectivity index (χ0v) is 13.7. The third-order valence-corrected chi connectivity index (χ3v) is 4.47. The van der Waals surface area contributed by atoms with Gasteiger partial charge in [0, 0.05) is 35.0 Å². The summed E-state index contributed by atoms with van der Waals surface area (Å²) in [5, 5.41) is 13.3. The average Bonchev–Trinajstić information content (AvgIpc) is 2.96. The summed E-state index contributed by atoms with van der Waals surface area (Å²) in [4.78, 5) is 10.8. The van der Waals surface area contributed by atoms with Gasteiger partial charge in [-0.25, -0.2) is 0 Å². The number of ether oxygens (including phenoxy) is 1. The standard InChI is InChI=1S/C20H16N2O3/c1-25-16-9-6-14(7-10-16)13-21-19-5-3-2-4-17(19)18-11-8-15(22(23)24)12-20(18)21/h2-12H,13H2,1H3. The van der Waals surface area contributed by atoms with Gasteiger partial charge >= 0.3 is 0 Å². The molecule has 5 heteroatoms. The maximum Gasteiger partial charge on any atom is 0.271 e. The molecule has 0 atom stereocenters. The Morgan fingerprint density at radius 3 is 2.40 bits per heavy atom. The van der Waals surface area contributed by atoms with E-state index in [1.807, 2.05) is 54.6 Å². The molecular weight excluding hydrogens is 316 g/mol. The predicted molar refractivity (Wildman–Crippen MR) is 98.2 cm³/mol. The average molecular weight is 332 g/mol. The van der Waals surface area contributed by atoms with Crippen LogP contribution in [-0.4, -0.2) is 16.6 Å². The summed E-state index contributed by atoms with van der Waals surface area (Å²) in [5.41, 5.74) is 3.14. The van der Waals surface area contributed by atoms with Crippen LogP contribution in [0, 0.1) is 10.1 Å². The van der Waals surface area contributed by atoms with Gasteiger partial charge in [0.25, 0.3) is 5.69 Å². The molecule has 25 heavy (non-hydrogen) atoms. The van der Waals surface area contributed by atoms with Gasteiger partial charge in [0.15, 0.2) is 0 Å². The molecule has 0 saturated carbocycles. The molecule has 4 rings (SSSR count). The van der Waals surface area contributed by atoms with E-state index in [9.17, 15) is 10.1 Å². The zero-order chi connectivity index (χ0) is 17.4. The number of fused-ring (bicyclic) bond motifs is 3. The molecule has 5 nitrogen and oxygen atoms in total. The van der Waals surface area contributed by atoms with Crippen LogP contribution in [0.25, 0.3) is 21.8 Å². The van der Waals surface area contributed by atoms with Gasteiger partial charge in [-0.3, -0.25) is 10.1 Å². The van der Waals surface area contributed by atoms with Crippen LogP contribution in [0.2, 0.25) is 0 Å². The van der Waals surface area contributed by atoms with Gasteiger partial charge in [-0.05, 0) is 29.8 Å². The lowest BCUT2D eigenvalue weighted by Crippen LogP contribution is -2.00. The molecular formula is C20H16N2O3. The molecule has 0 aliphatic carbocycles. The highest BCUT2D eigenvalue weighted by atomic mass is 16.6. The van der Waals surface area contributed by atoms with E-state index >= 15 is 0 Å². The molecule has 1 heterocycles. The highest BCUT2D eigenvalue weighted by Gasteiger charge is 2.14. The Hall–Kier alpha value is -3.34.